The molecule has 1 fully saturated rings. The van der Waals surface area contributed by atoms with Crippen molar-refractivity contribution in [3.63, 3.8) is 0 Å². The van der Waals surface area contributed by atoms with Crippen molar-refractivity contribution in [2.45, 2.75) is 25.2 Å². The zero-order chi connectivity index (χ0) is 20.5. The van der Waals surface area contributed by atoms with Gasteiger partial charge in [0.1, 0.15) is 11.6 Å². The van der Waals surface area contributed by atoms with Crippen molar-refractivity contribution in [3.05, 3.63) is 75.6 Å². The number of hydrogen-bond donors (Lipinski definition) is 0. The maximum atomic E-state index is 13.0. The Labute approximate surface area is 167 Å². The van der Waals surface area contributed by atoms with Crippen LogP contribution in [-0.4, -0.2) is 17.7 Å². The highest BCUT2D eigenvalue weighted by Crippen LogP contribution is 2.35. The number of alkyl halides is 2. The van der Waals surface area contributed by atoms with E-state index >= 15 is 0 Å². The molecule has 0 amide bonds. The fraction of sp³-hybridized carbons (Fsp3) is 0.304. The summed E-state index contributed by atoms with van der Waals surface area (Å²) >= 11 is 0. The summed E-state index contributed by atoms with van der Waals surface area (Å²) in [5.41, 5.74) is 2.31. The second-order valence-electron chi connectivity index (χ2n) is 7.45. The van der Waals surface area contributed by atoms with Gasteiger partial charge in [0.15, 0.2) is 0 Å². The molecular weight excluding hydrogens is 372 g/mol. The highest BCUT2D eigenvalue weighted by molar-refractivity contribution is 5.94. The number of fused-ring (bicyclic) bond motifs is 1. The molecule has 1 aliphatic rings. The van der Waals surface area contributed by atoms with Crippen molar-refractivity contribution in [1.82, 2.24) is 4.57 Å². The van der Waals surface area contributed by atoms with E-state index in [1.54, 1.807) is 19.2 Å². The van der Waals surface area contributed by atoms with Crippen LogP contribution in [0.5, 0.6) is 0 Å². The molecule has 148 valence electrons. The predicted molar refractivity (Wildman–Crippen MR) is 109 cm³/mol. The number of aromatic nitrogens is 1. The van der Waals surface area contributed by atoms with E-state index < -0.39 is 6.43 Å². The Morgan fingerprint density at radius 3 is 2.52 bits per heavy atom. The van der Waals surface area contributed by atoms with E-state index in [4.69, 9.17) is 0 Å². The van der Waals surface area contributed by atoms with Crippen LogP contribution in [0.3, 0.4) is 0 Å². The average Bonchev–Trinajstić information content (AvgIpc) is 2.76. The molecule has 1 aliphatic heterocycles. The van der Waals surface area contributed by atoms with Gasteiger partial charge < -0.3 is 9.47 Å². The summed E-state index contributed by atoms with van der Waals surface area (Å²) in [6, 6.07) is 16.3. The van der Waals surface area contributed by atoms with Gasteiger partial charge in [0.05, 0.1) is 11.2 Å². The van der Waals surface area contributed by atoms with Crippen LogP contribution in [0.15, 0.2) is 53.3 Å². The number of hydrogen-bond acceptors (Lipinski definition) is 3. The Morgan fingerprint density at radius 1 is 1.10 bits per heavy atom. The molecule has 0 atom stereocenters. The Morgan fingerprint density at radius 2 is 1.83 bits per heavy atom. The number of para-hydroxylation sites is 1. The third kappa shape index (κ3) is 3.38. The van der Waals surface area contributed by atoms with Crippen LogP contribution in [0.4, 0.5) is 14.5 Å². The van der Waals surface area contributed by atoms with E-state index in [2.05, 4.69) is 11.0 Å². The molecule has 0 spiro atoms. The van der Waals surface area contributed by atoms with Crippen molar-refractivity contribution in [1.29, 1.82) is 5.26 Å². The molecule has 1 saturated heterocycles. The van der Waals surface area contributed by atoms with Gasteiger partial charge in [-0.2, -0.15) is 5.26 Å². The van der Waals surface area contributed by atoms with Gasteiger partial charge >= 0.3 is 0 Å². The number of aryl methyl sites for hydroxylation is 1. The third-order valence-corrected chi connectivity index (χ3v) is 5.83. The standard InChI is InChI=1S/C23H21F2N3O/c1-27-20-8-3-2-7-18(20)21(19(14-26)23(27)29)28-11-9-15(10-12-28)16-5-4-6-17(13-16)22(24)25/h2-8,13,15,22H,9-12H2,1H3. The first-order valence-electron chi connectivity index (χ1n) is 9.66. The summed E-state index contributed by atoms with van der Waals surface area (Å²) in [6.07, 6.45) is -0.914. The number of piperidine rings is 1. The largest absolute Gasteiger partial charge is 0.370 e. The molecule has 0 aliphatic carbocycles. The number of benzene rings is 2. The molecule has 4 nitrogen and oxygen atoms in total. The Balaban J connectivity index is 1.67. The van der Waals surface area contributed by atoms with Gasteiger partial charge in [0.2, 0.25) is 0 Å². The minimum atomic E-state index is -2.47. The minimum Gasteiger partial charge on any atom is -0.370 e. The zero-order valence-corrected chi connectivity index (χ0v) is 16.1. The Bertz CT molecular complexity index is 1150. The van der Waals surface area contributed by atoms with Crippen molar-refractivity contribution < 1.29 is 8.78 Å². The number of pyridine rings is 1. The quantitative estimate of drug-likeness (QED) is 0.646. The Kier molecular flexibility index (Phi) is 5.06. The predicted octanol–water partition coefficient (Wildman–Crippen LogP) is 4.73. The van der Waals surface area contributed by atoms with E-state index in [0.29, 0.717) is 18.8 Å². The van der Waals surface area contributed by atoms with Gasteiger partial charge in [-0.1, -0.05) is 36.4 Å². The molecule has 0 bridgehead atoms. The molecule has 0 saturated carbocycles. The van der Waals surface area contributed by atoms with Crippen molar-refractivity contribution in [2.75, 3.05) is 18.0 Å². The van der Waals surface area contributed by atoms with Crippen LogP contribution in [0.1, 0.15) is 41.9 Å². The minimum absolute atomic E-state index is 0.0502. The van der Waals surface area contributed by atoms with Crippen LogP contribution in [0, 0.1) is 11.3 Å². The Hall–Kier alpha value is -3.20. The highest BCUT2D eigenvalue weighted by Gasteiger charge is 2.26. The molecule has 4 rings (SSSR count). The number of rotatable bonds is 3. The maximum Gasteiger partial charge on any atom is 0.270 e. The summed E-state index contributed by atoms with van der Waals surface area (Å²) < 4.78 is 27.6. The fourth-order valence-corrected chi connectivity index (χ4v) is 4.29. The molecule has 0 radical (unpaired) electrons. The van der Waals surface area contributed by atoms with Gasteiger partial charge in [0.25, 0.3) is 12.0 Å². The lowest BCUT2D eigenvalue weighted by Gasteiger charge is -2.35. The molecule has 2 heterocycles. The zero-order valence-electron chi connectivity index (χ0n) is 16.1. The maximum absolute atomic E-state index is 13.0. The van der Waals surface area contributed by atoms with E-state index in [0.717, 1.165) is 29.3 Å². The van der Waals surface area contributed by atoms with Crippen molar-refractivity contribution in [3.8, 4) is 6.07 Å². The van der Waals surface area contributed by atoms with E-state index in [1.165, 1.54) is 10.6 Å². The summed E-state index contributed by atoms with van der Waals surface area (Å²) in [6.45, 7) is 1.32. The second-order valence-corrected chi connectivity index (χ2v) is 7.45. The molecule has 0 N–H and O–H groups in total. The topological polar surface area (TPSA) is 49.0 Å². The normalized spacial score (nSPS) is 15.1. The summed E-state index contributed by atoms with van der Waals surface area (Å²) in [7, 11) is 1.68. The van der Waals surface area contributed by atoms with Gasteiger partial charge in [-0.3, -0.25) is 4.79 Å². The number of halogens is 2. The summed E-state index contributed by atoms with van der Waals surface area (Å²) in [5, 5.41) is 10.5. The second kappa shape index (κ2) is 7.67. The number of nitrogens with zero attached hydrogens (tertiary/aromatic N) is 3. The van der Waals surface area contributed by atoms with Gasteiger partial charge in [0, 0.05) is 31.1 Å². The van der Waals surface area contributed by atoms with E-state index in [-0.39, 0.29) is 22.6 Å². The van der Waals surface area contributed by atoms with E-state index in [9.17, 15) is 18.8 Å². The fourth-order valence-electron chi connectivity index (χ4n) is 4.29. The van der Waals surface area contributed by atoms with Crippen LogP contribution in [0.2, 0.25) is 0 Å². The lowest BCUT2D eigenvalue weighted by Crippen LogP contribution is -2.35. The van der Waals surface area contributed by atoms with Crippen LogP contribution >= 0.6 is 0 Å². The number of nitriles is 1. The lowest BCUT2D eigenvalue weighted by atomic mass is 9.88. The molecule has 2 aromatic carbocycles. The van der Waals surface area contributed by atoms with E-state index in [1.807, 2.05) is 30.3 Å². The van der Waals surface area contributed by atoms with Gasteiger partial charge in [-0.05, 0) is 36.5 Å². The monoisotopic (exact) mass is 393 g/mol. The number of anilines is 1. The summed E-state index contributed by atoms with van der Waals surface area (Å²) in [4.78, 5) is 14.8. The van der Waals surface area contributed by atoms with Gasteiger partial charge in [-0.15, -0.1) is 0 Å². The molecular formula is C23H21F2N3O. The molecule has 0 unspecified atom stereocenters. The SMILES string of the molecule is Cn1c(=O)c(C#N)c(N2CCC(c3cccc(C(F)F)c3)CC2)c2ccccc21. The first-order valence-corrected chi connectivity index (χ1v) is 9.66. The molecule has 1 aromatic heterocycles. The first-order chi connectivity index (χ1) is 14.0. The van der Waals surface area contributed by atoms with Crippen LogP contribution in [0.25, 0.3) is 10.9 Å². The lowest BCUT2D eigenvalue weighted by molar-refractivity contribution is 0.151. The van der Waals surface area contributed by atoms with Crippen molar-refractivity contribution in [2.24, 2.45) is 7.05 Å². The third-order valence-electron chi connectivity index (χ3n) is 5.83. The van der Waals surface area contributed by atoms with Crippen LogP contribution in [-0.2, 0) is 7.05 Å². The molecule has 3 aromatic rings. The van der Waals surface area contributed by atoms with Crippen molar-refractivity contribution >= 4 is 16.6 Å². The molecule has 29 heavy (non-hydrogen) atoms. The smallest absolute Gasteiger partial charge is 0.270 e. The average molecular weight is 393 g/mol. The highest BCUT2D eigenvalue weighted by atomic mass is 19.3. The molecule has 6 heteroatoms. The van der Waals surface area contributed by atoms with Gasteiger partial charge in [-0.25, -0.2) is 8.78 Å². The van der Waals surface area contributed by atoms with Crippen LogP contribution < -0.4 is 10.5 Å². The first kappa shape index (κ1) is 19.1. The summed E-state index contributed by atoms with van der Waals surface area (Å²) in [5.74, 6) is 0.188.